The third-order valence-corrected chi connectivity index (χ3v) is 2.89. The Balaban J connectivity index is 2.46. The van der Waals surface area contributed by atoms with Crippen molar-refractivity contribution in [2.24, 2.45) is 0 Å². The van der Waals surface area contributed by atoms with Crippen LogP contribution in [0.5, 0.6) is 0 Å². The highest BCUT2D eigenvalue weighted by molar-refractivity contribution is 7.08. The van der Waals surface area contributed by atoms with Crippen LogP contribution in [0.3, 0.4) is 0 Å². The van der Waals surface area contributed by atoms with Crippen molar-refractivity contribution >= 4 is 23.2 Å². The van der Waals surface area contributed by atoms with Crippen LogP contribution < -0.4 is 0 Å². The average Bonchev–Trinajstić information content (AvgIpc) is 2.81. The zero-order valence-corrected chi connectivity index (χ0v) is 8.96. The SMILES string of the molecule is C=Cc1ccccc1C(=O)c1ccsc1. The van der Waals surface area contributed by atoms with Gasteiger partial charge in [-0.05, 0) is 17.0 Å². The summed E-state index contributed by atoms with van der Waals surface area (Å²) in [4.78, 5) is 12.0. The molecule has 0 spiro atoms. The zero-order valence-electron chi connectivity index (χ0n) is 8.14. The van der Waals surface area contributed by atoms with E-state index in [-0.39, 0.29) is 5.78 Å². The van der Waals surface area contributed by atoms with Crippen LogP contribution in [0.4, 0.5) is 0 Å². The minimum absolute atomic E-state index is 0.0618. The number of hydrogen-bond acceptors (Lipinski definition) is 2. The van der Waals surface area contributed by atoms with Crippen molar-refractivity contribution in [1.29, 1.82) is 0 Å². The number of ketones is 1. The molecule has 1 aromatic heterocycles. The molecular weight excluding hydrogens is 204 g/mol. The van der Waals surface area contributed by atoms with Crippen molar-refractivity contribution in [2.45, 2.75) is 0 Å². The van der Waals surface area contributed by atoms with E-state index in [4.69, 9.17) is 0 Å². The number of rotatable bonds is 3. The van der Waals surface area contributed by atoms with Gasteiger partial charge < -0.3 is 0 Å². The van der Waals surface area contributed by atoms with Crippen LogP contribution in [0.15, 0.2) is 47.7 Å². The van der Waals surface area contributed by atoms with Gasteiger partial charge in [-0.15, -0.1) is 0 Å². The van der Waals surface area contributed by atoms with Crippen LogP contribution in [0.2, 0.25) is 0 Å². The van der Waals surface area contributed by atoms with Gasteiger partial charge in [0.15, 0.2) is 5.78 Å². The predicted molar refractivity (Wildman–Crippen MR) is 64.3 cm³/mol. The van der Waals surface area contributed by atoms with Gasteiger partial charge in [0.25, 0.3) is 0 Å². The van der Waals surface area contributed by atoms with Gasteiger partial charge >= 0.3 is 0 Å². The highest BCUT2D eigenvalue weighted by Gasteiger charge is 2.11. The third kappa shape index (κ3) is 1.90. The molecule has 0 bridgehead atoms. The third-order valence-electron chi connectivity index (χ3n) is 2.21. The Bertz CT molecular complexity index is 483. The van der Waals surface area contributed by atoms with E-state index in [1.165, 1.54) is 11.3 Å². The monoisotopic (exact) mass is 214 g/mol. The molecule has 74 valence electrons. The lowest BCUT2D eigenvalue weighted by atomic mass is 10.0. The van der Waals surface area contributed by atoms with Crippen LogP contribution in [-0.2, 0) is 0 Å². The second kappa shape index (κ2) is 4.24. The summed E-state index contributed by atoms with van der Waals surface area (Å²) >= 11 is 1.53. The Morgan fingerprint density at radius 2 is 2.07 bits per heavy atom. The van der Waals surface area contributed by atoms with E-state index in [1.807, 2.05) is 41.1 Å². The first-order chi connectivity index (χ1) is 7.33. The molecule has 15 heavy (non-hydrogen) atoms. The van der Waals surface area contributed by atoms with E-state index < -0.39 is 0 Å². The van der Waals surface area contributed by atoms with Crippen molar-refractivity contribution in [3.05, 3.63) is 64.4 Å². The Hall–Kier alpha value is -1.67. The number of hydrogen-bond donors (Lipinski definition) is 0. The first-order valence-electron chi connectivity index (χ1n) is 4.61. The molecule has 0 aliphatic carbocycles. The molecule has 0 saturated heterocycles. The molecule has 1 aromatic carbocycles. The van der Waals surface area contributed by atoms with Crippen LogP contribution in [0.1, 0.15) is 21.5 Å². The van der Waals surface area contributed by atoms with Gasteiger partial charge in [0.05, 0.1) is 0 Å². The van der Waals surface area contributed by atoms with Crippen molar-refractivity contribution < 1.29 is 4.79 Å². The lowest BCUT2D eigenvalue weighted by molar-refractivity contribution is 0.103. The molecule has 2 aromatic rings. The minimum atomic E-state index is 0.0618. The van der Waals surface area contributed by atoms with Gasteiger partial charge in [-0.25, -0.2) is 0 Å². The normalized spacial score (nSPS) is 9.87. The minimum Gasteiger partial charge on any atom is -0.289 e. The number of benzene rings is 1. The van der Waals surface area contributed by atoms with Gasteiger partial charge in [0.2, 0.25) is 0 Å². The molecule has 2 rings (SSSR count). The fourth-order valence-corrected chi connectivity index (χ4v) is 2.07. The van der Waals surface area contributed by atoms with Gasteiger partial charge in [-0.1, -0.05) is 36.9 Å². The summed E-state index contributed by atoms with van der Waals surface area (Å²) < 4.78 is 0. The Morgan fingerprint density at radius 3 is 2.73 bits per heavy atom. The fourth-order valence-electron chi connectivity index (χ4n) is 1.43. The molecule has 0 fully saturated rings. The largest absolute Gasteiger partial charge is 0.289 e. The van der Waals surface area contributed by atoms with Gasteiger partial charge in [0, 0.05) is 16.5 Å². The Morgan fingerprint density at radius 1 is 1.27 bits per heavy atom. The molecule has 1 heterocycles. The topological polar surface area (TPSA) is 17.1 Å². The molecule has 0 unspecified atom stereocenters. The summed E-state index contributed by atoms with van der Waals surface area (Å²) in [6.07, 6.45) is 1.71. The predicted octanol–water partition coefficient (Wildman–Crippen LogP) is 3.62. The summed E-state index contributed by atoms with van der Waals surface area (Å²) in [6, 6.07) is 9.34. The number of carbonyl (C=O) groups excluding carboxylic acids is 1. The molecule has 0 atom stereocenters. The highest BCUT2D eigenvalue weighted by Crippen LogP contribution is 2.17. The molecule has 0 radical (unpaired) electrons. The summed E-state index contributed by atoms with van der Waals surface area (Å²) in [7, 11) is 0. The van der Waals surface area contributed by atoms with Crippen LogP contribution >= 0.6 is 11.3 Å². The van der Waals surface area contributed by atoms with Gasteiger partial charge in [-0.3, -0.25) is 4.79 Å². The molecule has 0 aliphatic heterocycles. The lowest BCUT2D eigenvalue weighted by Crippen LogP contribution is -2.01. The van der Waals surface area contributed by atoms with Crippen LogP contribution in [0, 0.1) is 0 Å². The second-order valence-electron chi connectivity index (χ2n) is 3.13. The average molecular weight is 214 g/mol. The van der Waals surface area contributed by atoms with E-state index in [9.17, 15) is 4.79 Å². The molecule has 0 saturated carbocycles. The maximum absolute atomic E-state index is 12.0. The molecule has 1 nitrogen and oxygen atoms in total. The molecule has 0 N–H and O–H groups in total. The molecule has 2 heteroatoms. The summed E-state index contributed by atoms with van der Waals surface area (Å²) in [5, 5.41) is 3.77. The van der Waals surface area contributed by atoms with E-state index in [2.05, 4.69) is 6.58 Å². The fraction of sp³-hybridized carbons (Fsp3) is 0. The summed E-state index contributed by atoms with van der Waals surface area (Å²) in [5.41, 5.74) is 2.34. The van der Waals surface area contributed by atoms with Gasteiger partial charge in [0.1, 0.15) is 0 Å². The lowest BCUT2D eigenvalue weighted by Gasteiger charge is -2.02. The molecule has 0 amide bonds. The Kier molecular flexibility index (Phi) is 2.79. The Labute approximate surface area is 92.7 Å². The number of carbonyl (C=O) groups is 1. The summed E-state index contributed by atoms with van der Waals surface area (Å²) in [6.45, 7) is 3.71. The quantitative estimate of drug-likeness (QED) is 0.713. The highest BCUT2D eigenvalue weighted by atomic mass is 32.1. The zero-order chi connectivity index (χ0) is 10.7. The maximum Gasteiger partial charge on any atom is 0.194 e. The van der Waals surface area contributed by atoms with Crippen molar-refractivity contribution in [3.63, 3.8) is 0 Å². The first kappa shape index (κ1) is 9.87. The molecule has 0 aliphatic rings. The van der Waals surface area contributed by atoms with Crippen molar-refractivity contribution in [1.82, 2.24) is 0 Å². The first-order valence-corrected chi connectivity index (χ1v) is 5.55. The van der Waals surface area contributed by atoms with Crippen LogP contribution in [0.25, 0.3) is 6.08 Å². The second-order valence-corrected chi connectivity index (χ2v) is 3.91. The summed E-state index contributed by atoms with van der Waals surface area (Å²) in [5.74, 6) is 0.0618. The standard InChI is InChI=1S/C13H10OS/c1-2-10-5-3-4-6-12(10)13(14)11-7-8-15-9-11/h2-9H,1H2. The van der Waals surface area contributed by atoms with Crippen molar-refractivity contribution in [2.75, 3.05) is 0 Å². The smallest absolute Gasteiger partial charge is 0.194 e. The van der Waals surface area contributed by atoms with E-state index in [0.29, 0.717) is 5.56 Å². The van der Waals surface area contributed by atoms with E-state index >= 15 is 0 Å². The van der Waals surface area contributed by atoms with Crippen LogP contribution in [-0.4, -0.2) is 5.78 Å². The van der Waals surface area contributed by atoms with E-state index in [1.54, 1.807) is 6.08 Å². The number of thiophene rings is 1. The van der Waals surface area contributed by atoms with Crippen molar-refractivity contribution in [3.8, 4) is 0 Å². The van der Waals surface area contributed by atoms with E-state index in [0.717, 1.165) is 11.1 Å². The van der Waals surface area contributed by atoms with Gasteiger partial charge in [-0.2, -0.15) is 11.3 Å². The molecular formula is C13H10OS. The maximum atomic E-state index is 12.0.